The minimum Gasteiger partial charge on any atom is -0.462 e. The van der Waals surface area contributed by atoms with Gasteiger partial charge in [-0.05, 0) is 67.9 Å². The van der Waals surface area contributed by atoms with Crippen molar-refractivity contribution in [2.75, 3.05) is 0 Å². The van der Waals surface area contributed by atoms with Crippen molar-refractivity contribution in [3.05, 3.63) is 34.4 Å². The van der Waals surface area contributed by atoms with Crippen molar-refractivity contribution in [3.63, 3.8) is 0 Å². The third-order valence-electron chi connectivity index (χ3n) is 10.8. The number of ether oxygens (including phenoxy) is 3. The second-order valence-corrected chi connectivity index (χ2v) is 12.5. The minimum absolute atomic E-state index is 0.0564. The summed E-state index contributed by atoms with van der Waals surface area (Å²) in [7, 11) is 0. The zero-order chi connectivity index (χ0) is 29.1. The lowest BCUT2D eigenvalue weighted by Crippen LogP contribution is -2.74. The van der Waals surface area contributed by atoms with Crippen LogP contribution >= 0.6 is 0 Å². The van der Waals surface area contributed by atoms with Crippen molar-refractivity contribution in [1.29, 1.82) is 0 Å². The second-order valence-electron chi connectivity index (χ2n) is 12.5. The third kappa shape index (κ3) is 4.04. The fraction of sp³-hybridized carbons (Fsp3) is 0.700. The van der Waals surface area contributed by atoms with Gasteiger partial charge in [-0.25, -0.2) is 4.79 Å². The first-order chi connectivity index (χ1) is 18.8. The van der Waals surface area contributed by atoms with E-state index in [1.807, 2.05) is 0 Å². The Morgan fingerprint density at radius 3 is 2.27 bits per heavy atom. The molecule has 9 atom stereocenters. The largest absolute Gasteiger partial charge is 0.462 e. The molecule has 0 aromatic carbocycles. The molecule has 4 saturated carbocycles. The summed E-state index contributed by atoms with van der Waals surface area (Å²) in [5, 5.41) is 12.6. The van der Waals surface area contributed by atoms with Crippen LogP contribution in [0.2, 0.25) is 0 Å². The molecule has 4 aliphatic rings. The summed E-state index contributed by atoms with van der Waals surface area (Å²) in [5.41, 5.74) is -4.11. The van der Waals surface area contributed by atoms with Crippen LogP contribution < -0.4 is 5.63 Å². The number of aldehydes is 1. The molecule has 10 heteroatoms. The highest BCUT2D eigenvalue weighted by molar-refractivity contribution is 5.73. The topological polar surface area (TPSA) is 146 Å². The maximum atomic E-state index is 13.5. The van der Waals surface area contributed by atoms with Gasteiger partial charge in [0.05, 0.1) is 11.9 Å². The Balaban J connectivity index is 1.60. The van der Waals surface area contributed by atoms with Gasteiger partial charge in [0.15, 0.2) is 0 Å². The summed E-state index contributed by atoms with van der Waals surface area (Å²) >= 11 is 0. The molecule has 1 aromatic heterocycles. The van der Waals surface area contributed by atoms with Crippen molar-refractivity contribution in [1.82, 2.24) is 0 Å². The smallest absolute Gasteiger partial charge is 0.335 e. The van der Waals surface area contributed by atoms with Crippen LogP contribution in [0.5, 0.6) is 0 Å². The number of esters is 3. The number of hydrogen-bond donors (Lipinski definition) is 1. The molecular weight excluding hydrogens is 520 g/mol. The van der Waals surface area contributed by atoms with Crippen LogP contribution in [-0.4, -0.2) is 52.7 Å². The first-order valence-corrected chi connectivity index (χ1v) is 14.1. The van der Waals surface area contributed by atoms with E-state index in [1.54, 1.807) is 6.07 Å². The maximum absolute atomic E-state index is 13.5. The van der Waals surface area contributed by atoms with E-state index in [0.717, 1.165) is 11.8 Å². The summed E-state index contributed by atoms with van der Waals surface area (Å²) in [6.45, 7) is 5.88. The first-order valence-electron chi connectivity index (χ1n) is 14.1. The van der Waals surface area contributed by atoms with Crippen molar-refractivity contribution in [2.24, 2.45) is 22.7 Å². The highest BCUT2D eigenvalue weighted by Crippen LogP contribution is 2.71. The highest BCUT2D eigenvalue weighted by atomic mass is 16.6. The number of carbonyl (C=O) groups excluding carboxylic acids is 4. The molecule has 0 radical (unpaired) electrons. The lowest BCUT2D eigenvalue weighted by atomic mass is 9.41. The molecule has 0 spiro atoms. The summed E-state index contributed by atoms with van der Waals surface area (Å²) in [4.78, 5) is 61.8. The van der Waals surface area contributed by atoms with Crippen molar-refractivity contribution < 1.29 is 42.9 Å². The van der Waals surface area contributed by atoms with Gasteiger partial charge in [0.25, 0.3) is 0 Å². The number of rotatable bonds is 5. The SMILES string of the molecule is CC(=O)O[C@H]1C[C@@H](OC(C)=O)[C@]2(C=O)[C@H]3CC[C@]4(C)[C@@H](c5ccc(=O)oc5)CC[C@]4(O)[C@@H]3CC[C@]2(OC(C)=O)C1. The van der Waals surface area contributed by atoms with Crippen molar-refractivity contribution >= 4 is 24.2 Å². The fourth-order valence-electron chi connectivity index (χ4n) is 9.41. The predicted molar refractivity (Wildman–Crippen MR) is 139 cm³/mol. The highest BCUT2D eigenvalue weighted by Gasteiger charge is 2.75. The standard InChI is InChI=1S/C30H38O10/c1-17(32)38-21-13-25(39-18(2)33)29(16-31)23-7-10-27(4)22(20-5-6-26(35)37-15-20)9-12-30(27,36)24(23)8-11-28(29,14-21)40-19(3)34/h5-6,15-16,21-25,36H,7-14H2,1-4H3/t21-,22+,23-,24+,25+,27+,28-,29-,30-/m0/s1. The fourth-order valence-corrected chi connectivity index (χ4v) is 9.41. The number of hydrogen-bond acceptors (Lipinski definition) is 10. The maximum Gasteiger partial charge on any atom is 0.335 e. The minimum atomic E-state index is -1.43. The summed E-state index contributed by atoms with van der Waals surface area (Å²) in [6.07, 6.45) is 3.67. The van der Waals surface area contributed by atoms with Crippen LogP contribution in [0.1, 0.15) is 90.5 Å². The van der Waals surface area contributed by atoms with E-state index in [1.165, 1.54) is 33.1 Å². The van der Waals surface area contributed by atoms with E-state index >= 15 is 0 Å². The molecule has 0 amide bonds. The Bertz CT molecular complexity index is 1250. The summed E-state index contributed by atoms with van der Waals surface area (Å²) in [6, 6.07) is 3.15. The number of carbonyl (C=O) groups is 4. The van der Waals surface area contributed by atoms with Crippen molar-refractivity contribution in [3.8, 4) is 0 Å². The van der Waals surface area contributed by atoms with Gasteiger partial charge < -0.3 is 28.5 Å². The Morgan fingerprint density at radius 2 is 1.68 bits per heavy atom. The molecule has 4 aliphatic carbocycles. The average Bonchev–Trinajstić information content (AvgIpc) is 3.14. The van der Waals surface area contributed by atoms with E-state index in [9.17, 15) is 29.1 Å². The number of aliphatic hydroxyl groups is 1. The second kappa shape index (κ2) is 9.82. The lowest BCUT2D eigenvalue weighted by molar-refractivity contribution is -0.280. The molecule has 5 rings (SSSR count). The van der Waals surface area contributed by atoms with Crippen molar-refractivity contribution in [2.45, 2.75) is 108 Å². The van der Waals surface area contributed by atoms with Gasteiger partial charge >= 0.3 is 23.5 Å². The molecule has 4 fully saturated rings. The Hall–Kier alpha value is -3.01. The molecule has 218 valence electrons. The zero-order valence-corrected chi connectivity index (χ0v) is 23.5. The first kappa shape index (κ1) is 28.5. The molecule has 0 saturated heterocycles. The molecule has 1 aromatic rings. The summed E-state index contributed by atoms with van der Waals surface area (Å²) in [5.74, 6) is -2.55. The number of fused-ring (bicyclic) bond motifs is 5. The Labute approximate surface area is 232 Å². The monoisotopic (exact) mass is 558 g/mol. The molecule has 0 aliphatic heterocycles. The van der Waals surface area contributed by atoms with Crippen LogP contribution in [0.25, 0.3) is 0 Å². The van der Waals surface area contributed by atoms with E-state index < -0.39 is 63.7 Å². The Kier molecular flexibility index (Phi) is 7.00. The van der Waals surface area contributed by atoms with E-state index in [2.05, 4.69) is 6.92 Å². The van der Waals surface area contributed by atoms with Crippen LogP contribution in [-0.2, 0) is 33.4 Å². The van der Waals surface area contributed by atoms with Gasteiger partial charge in [0, 0.05) is 45.1 Å². The van der Waals surface area contributed by atoms with Gasteiger partial charge in [-0.3, -0.25) is 14.4 Å². The molecule has 0 bridgehead atoms. The predicted octanol–water partition coefficient (Wildman–Crippen LogP) is 3.22. The van der Waals surface area contributed by atoms with E-state index in [4.69, 9.17) is 18.6 Å². The molecule has 40 heavy (non-hydrogen) atoms. The average molecular weight is 559 g/mol. The van der Waals surface area contributed by atoms with Gasteiger partial charge in [0.2, 0.25) is 0 Å². The van der Waals surface area contributed by atoms with E-state index in [-0.39, 0.29) is 31.1 Å². The van der Waals surface area contributed by atoms with Crippen LogP contribution in [0.3, 0.4) is 0 Å². The third-order valence-corrected chi connectivity index (χ3v) is 10.8. The normalized spacial score (nSPS) is 42.0. The summed E-state index contributed by atoms with van der Waals surface area (Å²) < 4.78 is 22.6. The molecule has 0 unspecified atom stereocenters. The van der Waals surface area contributed by atoms with Gasteiger partial charge in [-0.15, -0.1) is 0 Å². The van der Waals surface area contributed by atoms with E-state index in [0.29, 0.717) is 32.1 Å². The Morgan fingerprint density at radius 1 is 0.975 bits per heavy atom. The lowest BCUT2D eigenvalue weighted by Gasteiger charge is -2.66. The van der Waals surface area contributed by atoms with Gasteiger partial charge in [-0.1, -0.05) is 6.92 Å². The molecule has 1 heterocycles. The molecule has 10 nitrogen and oxygen atoms in total. The zero-order valence-electron chi connectivity index (χ0n) is 23.5. The van der Waals surface area contributed by atoms with Crippen LogP contribution in [0.4, 0.5) is 0 Å². The quantitative estimate of drug-likeness (QED) is 0.325. The molecule has 1 N–H and O–H groups in total. The van der Waals surface area contributed by atoms with Gasteiger partial charge in [-0.2, -0.15) is 0 Å². The van der Waals surface area contributed by atoms with Crippen LogP contribution in [0, 0.1) is 22.7 Å². The molecular formula is C30H38O10. The van der Waals surface area contributed by atoms with Gasteiger partial charge in [0.1, 0.15) is 29.5 Å². The van der Waals surface area contributed by atoms with Crippen LogP contribution in [0.15, 0.2) is 27.6 Å².